The van der Waals surface area contributed by atoms with Crippen molar-refractivity contribution in [3.63, 3.8) is 0 Å². The van der Waals surface area contributed by atoms with Gasteiger partial charge in [-0.25, -0.2) is 4.79 Å². The lowest BCUT2D eigenvalue weighted by molar-refractivity contribution is -0.136. The van der Waals surface area contributed by atoms with E-state index in [2.05, 4.69) is 21.2 Å². The Bertz CT molecular complexity index is 876. The van der Waals surface area contributed by atoms with Crippen molar-refractivity contribution in [1.82, 2.24) is 4.90 Å². The molecule has 2 aromatic carbocycles. The Morgan fingerprint density at radius 1 is 1.11 bits per heavy atom. The van der Waals surface area contributed by atoms with Gasteiger partial charge in [0, 0.05) is 11.5 Å². The molecule has 0 saturated carbocycles. The minimum Gasteiger partial charge on any atom is -0.452 e. The fraction of sp³-hybridized carbons (Fsp3) is 0.167. The van der Waals surface area contributed by atoms with E-state index >= 15 is 0 Å². The number of carbonyl (C=O) groups excluding carboxylic acids is 3. The zero-order valence-corrected chi connectivity index (χ0v) is 17.3. The highest BCUT2D eigenvalue weighted by atomic mass is 79.9. The third kappa shape index (κ3) is 6.23. The van der Waals surface area contributed by atoms with Gasteiger partial charge in [0.25, 0.3) is 5.91 Å². The number of likely N-dealkylation sites (N-methyl/N-ethyl adjacent to an activating group) is 1. The van der Waals surface area contributed by atoms with Gasteiger partial charge in [0.15, 0.2) is 6.61 Å². The monoisotopic (exact) mass is 472 g/mol. The summed E-state index contributed by atoms with van der Waals surface area (Å²) < 4.78 is 5.63. The van der Waals surface area contributed by atoms with Crippen LogP contribution in [0, 0.1) is 0 Å². The van der Waals surface area contributed by atoms with Crippen molar-refractivity contribution in [3.8, 4) is 0 Å². The van der Waals surface area contributed by atoms with Crippen LogP contribution < -0.4 is 5.32 Å². The van der Waals surface area contributed by atoms with Crippen molar-refractivity contribution in [2.45, 2.75) is 0 Å². The Morgan fingerprint density at radius 2 is 1.81 bits per heavy atom. The first-order valence-electron chi connectivity index (χ1n) is 7.68. The third-order valence-corrected chi connectivity index (χ3v) is 4.58. The molecular formula is C18H15BrCl2N2O4. The molecule has 0 bridgehead atoms. The number of carbonyl (C=O) groups is 3. The molecule has 2 amide bonds. The average Bonchev–Trinajstić information content (AvgIpc) is 2.63. The van der Waals surface area contributed by atoms with E-state index in [0.29, 0.717) is 15.2 Å². The zero-order chi connectivity index (χ0) is 20.0. The van der Waals surface area contributed by atoms with Crippen LogP contribution in [-0.4, -0.2) is 42.9 Å². The number of anilines is 1. The summed E-state index contributed by atoms with van der Waals surface area (Å²) in [5, 5.41) is 3.21. The molecule has 0 unspecified atom stereocenters. The lowest BCUT2D eigenvalue weighted by Gasteiger charge is -2.17. The van der Waals surface area contributed by atoms with Gasteiger partial charge in [-0.15, -0.1) is 0 Å². The second-order valence-electron chi connectivity index (χ2n) is 5.48. The molecule has 1 N–H and O–H groups in total. The van der Waals surface area contributed by atoms with Crippen LogP contribution in [0.1, 0.15) is 10.4 Å². The standard InChI is InChI=1S/C18H15BrCl2N2O4/c1-23(9-16(24)22-15-5-3-2-4-14(15)21)17(25)10-27-18(26)12-8-11(19)6-7-13(12)20/h2-8H,9-10H2,1H3,(H,22,24). The minimum atomic E-state index is -0.733. The Morgan fingerprint density at radius 3 is 2.52 bits per heavy atom. The molecule has 2 aromatic rings. The van der Waals surface area contributed by atoms with Gasteiger partial charge in [0.1, 0.15) is 0 Å². The number of benzene rings is 2. The molecule has 6 nitrogen and oxygen atoms in total. The first kappa shape index (κ1) is 21.2. The highest BCUT2D eigenvalue weighted by Crippen LogP contribution is 2.22. The molecule has 0 aliphatic rings. The molecule has 0 radical (unpaired) electrons. The molecule has 0 saturated heterocycles. The molecular weight excluding hydrogens is 459 g/mol. The van der Waals surface area contributed by atoms with E-state index in [-0.39, 0.29) is 17.1 Å². The molecule has 9 heteroatoms. The van der Waals surface area contributed by atoms with Gasteiger partial charge >= 0.3 is 5.97 Å². The molecule has 0 aliphatic carbocycles. The second-order valence-corrected chi connectivity index (χ2v) is 7.21. The van der Waals surface area contributed by atoms with Gasteiger partial charge in [0.2, 0.25) is 5.91 Å². The van der Waals surface area contributed by atoms with Crippen LogP contribution in [0.15, 0.2) is 46.9 Å². The predicted molar refractivity (Wildman–Crippen MR) is 107 cm³/mol. The number of nitrogens with zero attached hydrogens (tertiary/aromatic N) is 1. The van der Waals surface area contributed by atoms with Crippen LogP contribution in [0.5, 0.6) is 0 Å². The molecule has 0 aliphatic heterocycles. The molecule has 0 spiro atoms. The summed E-state index contributed by atoms with van der Waals surface area (Å²) in [6, 6.07) is 11.5. The smallest absolute Gasteiger partial charge is 0.340 e. The quantitative estimate of drug-likeness (QED) is 0.643. The van der Waals surface area contributed by atoms with Gasteiger partial charge in [0.05, 0.1) is 27.8 Å². The predicted octanol–water partition coefficient (Wildman–Crippen LogP) is 4.01. The van der Waals surface area contributed by atoms with Crippen molar-refractivity contribution in [2.24, 2.45) is 0 Å². The van der Waals surface area contributed by atoms with Crippen LogP contribution in [-0.2, 0) is 14.3 Å². The lowest BCUT2D eigenvalue weighted by Crippen LogP contribution is -2.37. The highest BCUT2D eigenvalue weighted by molar-refractivity contribution is 9.10. The minimum absolute atomic E-state index is 0.137. The maximum absolute atomic E-state index is 12.1. The number of esters is 1. The summed E-state index contributed by atoms with van der Waals surface area (Å²) in [6.07, 6.45) is 0. The van der Waals surface area contributed by atoms with Crippen LogP contribution in [0.4, 0.5) is 5.69 Å². The van der Waals surface area contributed by atoms with Gasteiger partial charge in [-0.3, -0.25) is 9.59 Å². The third-order valence-electron chi connectivity index (χ3n) is 3.43. The van der Waals surface area contributed by atoms with Crippen LogP contribution in [0.2, 0.25) is 10.0 Å². The molecule has 0 heterocycles. The van der Waals surface area contributed by atoms with E-state index in [1.54, 1.807) is 30.3 Å². The fourth-order valence-corrected chi connectivity index (χ4v) is 2.76. The first-order valence-corrected chi connectivity index (χ1v) is 9.23. The number of amides is 2. The SMILES string of the molecule is CN(CC(=O)Nc1ccccc1Cl)C(=O)COC(=O)c1cc(Br)ccc1Cl. The van der Waals surface area contributed by atoms with Crippen molar-refractivity contribution in [2.75, 3.05) is 25.5 Å². The summed E-state index contributed by atoms with van der Waals surface area (Å²) in [7, 11) is 1.43. The summed E-state index contributed by atoms with van der Waals surface area (Å²) in [4.78, 5) is 37.3. The average molecular weight is 474 g/mol. The van der Waals surface area contributed by atoms with Crippen molar-refractivity contribution < 1.29 is 19.1 Å². The van der Waals surface area contributed by atoms with E-state index in [1.807, 2.05) is 0 Å². The molecule has 27 heavy (non-hydrogen) atoms. The summed E-state index contributed by atoms with van der Waals surface area (Å²) in [6.45, 7) is -0.739. The van der Waals surface area contributed by atoms with Gasteiger partial charge in [-0.1, -0.05) is 51.3 Å². The number of hydrogen-bond donors (Lipinski definition) is 1. The van der Waals surface area contributed by atoms with Crippen LogP contribution in [0.3, 0.4) is 0 Å². The fourth-order valence-electron chi connectivity index (χ4n) is 2.03. The topological polar surface area (TPSA) is 75.7 Å². The molecule has 0 atom stereocenters. The summed E-state index contributed by atoms with van der Waals surface area (Å²) in [5.74, 6) is -1.70. The van der Waals surface area contributed by atoms with Crippen molar-refractivity contribution in [3.05, 3.63) is 62.5 Å². The molecule has 0 aromatic heterocycles. The zero-order valence-electron chi connectivity index (χ0n) is 14.2. The molecule has 142 valence electrons. The van der Waals surface area contributed by atoms with Gasteiger partial charge < -0.3 is 15.0 Å². The Labute approximate surface area is 174 Å². The number of halogens is 3. The van der Waals surface area contributed by atoms with E-state index in [4.69, 9.17) is 27.9 Å². The Kier molecular flexibility index (Phi) is 7.65. The summed E-state index contributed by atoms with van der Waals surface area (Å²) >= 11 is 15.1. The number of para-hydroxylation sites is 1. The Hall–Kier alpha value is -2.09. The number of hydrogen-bond acceptors (Lipinski definition) is 4. The highest BCUT2D eigenvalue weighted by Gasteiger charge is 2.18. The lowest BCUT2D eigenvalue weighted by atomic mass is 10.2. The van der Waals surface area contributed by atoms with E-state index < -0.39 is 24.4 Å². The normalized spacial score (nSPS) is 10.2. The van der Waals surface area contributed by atoms with E-state index in [9.17, 15) is 14.4 Å². The van der Waals surface area contributed by atoms with Crippen LogP contribution in [0.25, 0.3) is 0 Å². The number of rotatable bonds is 6. The summed E-state index contributed by atoms with van der Waals surface area (Å²) in [5.41, 5.74) is 0.582. The van der Waals surface area contributed by atoms with Gasteiger partial charge in [-0.2, -0.15) is 0 Å². The van der Waals surface area contributed by atoms with E-state index in [0.717, 1.165) is 4.90 Å². The number of nitrogens with one attached hydrogen (secondary N) is 1. The molecule has 0 fully saturated rings. The maximum Gasteiger partial charge on any atom is 0.340 e. The number of ether oxygens (including phenoxy) is 1. The van der Waals surface area contributed by atoms with Crippen LogP contribution >= 0.6 is 39.1 Å². The maximum atomic E-state index is 12.1. The second kappa shape index (κ2) is 9.73. The Balaban J connectivity index is 1.86. The van der Waals surface area contributed by atoms with E-state index in [1.165, 1.54) is 19.2 Å². The van der Waals surface area contributed by atoms with Crippen molar-refractivity contribution >= 4 is 62.6 Å². The molecule has 2 rings (SSSR count). The first-order chi connectivity index (χ1) is 12.8. The largest absolute Gasteiger partial charge is 0.452 e. The van der Waals surface area contributed by atoms with Crippen molar-refractivity contribution in [1.29, 1.82) is 0 Å². The van der Waals surface area contributed by atoms with Gasteiger partial charge in [-0.05, 0) is 30.3 Å².